The quantitative estimate of drug-likeness (QED) is 0.771. The van der Waals surface area contributed by atoms with Crippen LogP contribution in [0.3, 0.4) is 0 Å². The van der Waals surface area contributed by atoms with E-state index in [0.717, 1.165) is 31.9 Å². The summed E-state index contributed by atoms with van der Waals surface area (Å²) >= 11 is 0. The van der Waals surface area contributed by atoms with Crippen molar-refractivity contribution in [3.05, 3.63) is 54.6 Å². The molecule has 2 aliphatic heterocycles. The molecule has 2 aliphatic rings. The van der Waals surface area contributed by atoms with Gasteiger partial charge in [0, 0.05) is 50.6 Å². The lowest BCUT2D eigenvalue weighted by molar-refractivity contribution is -0.132. The van der Waals surface area contributed by atoms with Gasteiger partial charge in [-0.15, -0.1) is 0 Å². The van der Waals surface area contributed by atoms with Crippen LogP contribution >= 0.6 is 0 Å². The number of amides is 1. The Bertz CT molecular complexity index is 749. The van der Waals surface area contributed by atoms with Crippen LogP contribution in [0.2, 0.25) is 0 Å². The molecule has 0 N–H and O–H groups in total. The summed E-state index contributed by atoms with van der Waals surface area (Å²) in [7, 11) is 0. The fourth-order valence-corrected chi connectivity index (χ4v) is 3.99. The van der Waals surface area contributed by atoms with Gasteiger partial charge >= 0.3 is 0 Å². The first-order valence-corrected chi connectivity index (χ1v) is 10.4. The van der Waals surface area contributed by atoms with Crippen molar-refractivity contribution in [3.8, 4) is 5.75 Å². The Morgan fingerprint density at radius 3 is 1.93 bits per heavy atom. The number of ether oxygens (including phenoxy) is 1. The fraction of sp³-hybridized carbons (Fsp3) is 0.435. The SMILES string of the molecule is O=C(CCOc1ccccc1)N1CCN(c2ccc(N3CCCC3)cc2)CC1. The van der Waals surface area contributed by atoms with Crippen LogP contribution in [0.4, 0.5) is 11.4 Å². The molecule has 0 unspecified atom stereocenters. The van der Waals surface area contributed by atoms with Gasteiger partial charge in [0.05, 0.1) is 13.0 Å². The zero-order chi connectivity index (χ0) is 19.2. The van der Waals surface area contributed by atoms with E-state index in [1.54, 1.807) is 0 Å². The number of hydrogen-bond donors (Lipinski definition) is 0. The number of carbonyl (C=O) groups excluding carboxylic acids is 1. The lowest BCUT2D eigenvalue weighted by Gasteiger charge is -2.36. The molecule has 28 heavy (non-hydrogen) atoms. The Kier molecular flexibility index (Phi) is 6.00. The molecule has 0 saturated carbocycles. The number of para-hydroxylation sites is 1. The van der Waals surface area contributed by atoms with Gasteiger partial charge in [-0.25, -0.2) is 0 Å². The molecule has 2 saturated heterocycles. The number of benzene rings is 2. The summed E-state index contributed by atoms with van der Waals surface area (Å²) in [5.74, 6) is 0.998. The molecule has 0 radical (unpaired) electrons. The number of nitrogens with zero attached hydrogens (tertiary/aromatic N) is 3. The predicted molar refractivity (Wildman–Crippen MR) is 113 cm³/mol. The Labute approximate surface area is 167 Å². The maximum atomic E-state index is 12.4. The minimum Gasteiger partial charge on any atom is -0.493 e. The van der Waals surface area contributed by atoms with Crippen LogP contribution in [-0.4, -0.2) is 56.7 Å². The third-order valence-electron chi connectivity index (χ3n) is 5.65. The number of carbonyl (C=O) groups is 1. The molecule has 2 heterocycles. The highest BCUT2D eigenvalue weighted by Crippen LogP contribution is 2.24. The second kappa shape index (κ2) is 9.00. The van der Waals surface area contributed by atoms with Crippen molar-refractivity contribution in [2.24, 2.45) is 0 Å². The van der Waals surface area contributed by atoms with Crippen LogP contribution in [0.5, 0.6) is 5.75 Å². The van der Waals surface area contributed by atoms with Gasteiger partial charge in [-0.3, -0.25) is 4.79 Å². The smallest absolute Gasteiger partial charge is 0.226 e. The second-order valence-corrected chi connectivity index (χ2v) is 7.49. The summed E-state index contributed by atoms with van der Waals surface area (Å²) in [4.78, 5) is 19.2. The van der Waals surface area contributed by atoms with E-state index in [1.165, 1.54) is 37.3 Å². The van der Waals surface area contributed by atoms with E-state index in [1.807, 2.05) is 35.2 Å². The Morgan fingerprint density at radius 2 is 1.32 bits per heavy atom. The average Bonchev–Trinajstić information content (AvgIpc) is 3.30. The van der Waals surface area contributed by atoms with Crippen LogP contribution in [0.1, 0.15) is 19.3 Å². The molecule has 5 nitrogen and oxygen atoms in total. The van der Waals surface area contributed by atoms with E-state index in [-0.39, 0.29) is 5.91 Å². The summed E-state index contributed by atoms with van der Waals surface area (Å²) in [6.07, 6.45) is 3.03. The predicted octanol–water partition coefficient (Wildman–Crippen LogP) is 3.40. The molecule has 148 valence electrons. The molecule has 0 bridgehead atoms. The molecule has 0 spiro atoms. The van der Waals surface area contributed by atoms with E-state index in [9.17, 15) is 4.79 Å². The minimum absolute atomic E-state index is 0.181. The first kappa shape index (κ1) is 18.7. The summed E-state index contributed by atoms with van der Waals surface area (Å²) in [6, 6.07) is 18.6. The van der Waals surface area contributed by atoms with Gasteiger partial charge < -0.3 is 19.4 Å². The summed E-state index contributed by atoms with van der Waals surface area (Å²) in [5, 5.41) is 0. The Morgan fingerprint density at radius 1 is 0.750 bits per heavy atom. The van der Waals surface area contributed by atoms with E-state index in [0.29, 0.717) is 13.0 Å². The topological polar surface area (TPSA) is 36.0 Å². The maximum absolute atomic E-state index is 12.4. The summed E-state index contributed by atoms with van der Waals surface area (Å²) < 4.78 is 5.65. The fourth-order valence-electron chi connectivity index (χ4n) is 3.99. The number of piperazine rings is 1. The summed E-state index contributed by atoms with van der Waals surface area (Å²) in [6.45, 7) is 6.10. The third-order valence-corrected chi connectivity index (χ3v) is 5.65. The van der Waals surface area contributed by atoms with E-state index < -0.39 is 0 Å². The molecule has 0 aromatic heterocycles. The highest BCUT2D eigenvalue weighted by Gasteiger charge is 2.21. The first-order valence-electron chi connectivity index (χ1n) is 10.4. The zero-order valence-electron chi connectivity index (χ0n) is 16.4. The third kappa shape index (κ3) is 4.58. The molecular formula is C23H29N3O2. The maximum Gasteiger partial charge on any atom is 0.226 e. The van der Waals surface area contributed by atoms with Crippen molar-refractivity contribution in [2.45, 2.75) is 19.3 Å². The molecule has 2 fully saturated rings. The highest BCUT2D eigenvalue weighted by molar-refractivity contribution is 5.76. The van der Waals surface area contributed by atoms with Gasteiger partial charge in [0.1, 0.15) is 5.75 Å². The lowest BCUT2D eigenvalue weighted by atomic mass is 10.2. The van der Waals surface area contributed by atoms with Gasteiger partial charge in [0.15, 0.2) is 0 Å². The minimum atomic E-state index is 0.181. The van der Waals surface area contributed by atoms with E-state index in [4.69, 9.17) is 4.74 Å². The van der Waals surface area contributed by atoms with Gasteiger partial charge in [-0.2, -0.15) is 0 Å². The number of anilines is 2. The zero-order valence-corrected chi connectivity index (χ0v) is 16.4. The van der Waals surface area contributed by atoms with Crippen molar-refractivity contribution < 1.29 is 9.53 Å². The molecule has 5 heteroatoms. The summed E-state index contributed by atoms with van der Waals surface area (Å²) in [5.41, 5.74) is 2.58. The van der Waals surface area contributed by atoms with Crippen LogP contribution in [-0.2, 0) is 4.79 Å². The van der Waals surface area contributed by atoms with Gasteiger partial charge in [-0.1, -0.05) is 18.2 Å². The normalized spacial score (nSPS) is 17.1. The monoisotopic (exact) mass is 379 g/mol. The van der Waals surface area contributed by atoms with Gasteiger partial charge in [0.2, 0.25) is 5.91 Å². The molecule has 0 aliphatic carbocycles. The standard InChI is InChI=1S/C23H29N3O2/c27-23(12-19-28-22-6-2-1-3-7-22)26-17-15-25(16-18-26)21-10-8-20(9-11-21)24-13-4-5-14-24/h1-3,6-11H,4-5,12-19H2. The molecule has 0 atom stereocenters. The molecular weight excluding hydrogens is 350 g/mol. The first-order chi connectivity index (χ1) is 13.8. The van der Waals surface area contributed by atoms with Crippen molar-refractivity contribution in [2.75, 3.05) is 55.7 Å². The molecule has 2 aromatic rings. The van der Waals surface area contributed by atoms with Crippen LogP contribution < -0.4 is 14.5 Å². The van der Waals surface area contributed by atoms with Crippen LogP contribution in [0.25, 0.3) is 0 Å². The Hall–Kier alpha value is -2.69. The number of rotatable bonds is 6. The largest absolute Gasteiger partial charge is 0.493 e. The Balaban J connectivity index is 1.22. The lowest BCUT2D eigenvalue weighted by Crippen LogP contribution is -2.49. The number of hydrogen-bond acceptors (Lipinski definition) is 4. The van der Waals surface area contributed by atoms with Gasteiger partial charge in [0.25, 0.3) is 0 Å². The molecule has 4 rings (SSSR count). The van der Waals surface area contributed by atoms with Crippen LogP contribution in [0, 0.1) is 0 Å². The van der Waals surface area contributed by atoms with Crippen molar-refractivity contribution in [3.63, 3.8) is 0 Å². The van der Waals surface area contributed by atoms with Crippen LogP contribution in [0.15, 0.2) is 54.6 Å². The second-order valence-electron chi connectivity index (χ2n) is 7.49. The van der Waals surface area contributed by atoms with Gasteiger partial charge in [-0.05, 0) is 49.2 Å². The molecule has 1 amide bonds. The highest BCUT2D eigenvalue weighted by atomic mass is 16.5. The van der Waals surface area contributed by atoms with E-state index in [2.05, 4.69) is 34.1 Å². The van der Waals surface area contributed by atoms with Crippen molar-refractivity contribution in [1.82, 2.24) is 4.90 Å². The average molecular weight is 380 g/mol. The molecule has 2 aromatic carbocycles. The van der Waals surface area contributed by atoms with Crippen molar-refractivity contribution in [1.29, 1.82) is 0 Å². The van der Waals surface area contributed by atoms with E-state index >= 15 is 0 Å². The van der Waals surface area contributed by atoms with Crippen molar-refractivity contribution >= 4 is 17.3 Å².